The number of benzene rings is 4. The maximum Gasteiger partial charge on any atom is 0.301 e. The number of aromatic nitrogens is 2. The molecule has 220 valence electrons. The summed E-state index contributed by atoms with van der Waals surface area (Å²) in [5, 5.41) is 33.5. The molecule has 1 amide bonds. The molecular formula is C31H21FN4O6S2. The number of thioether (sulfide) groups is 1. The highest BCUT2D eigenvalue weighted by atomic mass is 32.2. The number of carbonyl (C=O) groups is 2. The summed E-state index contributed by atoms with van der Waals surface area (Å²) in [7, 11) is 1.28. The number of Topliss-reactive ketones (excluding diaryl/α,β-unsaturated/α-hetero) is 1. The number of nitro benzene ring substituents is 1. The summed E-state index contributed by atoms with van der Waals surface area (Å²) in [6, 6.07) is 21.7. The number of ketones is 1. The van der Waals surface area contributed by atoms with Crippen molar-refractivity contribution in [3.8, 4) is 5.75 Å². The van der Waals surface area contributed by atoms with Crippen LogP contribution in [0, 0.1) is 15.9 Å². The van der Waals surface area contributed by atoms with Crippen LogP contribution < -0.4 is 9.64 Å². The zero-order valence-electron chi connectivity index (χ0n) is 22.8. The number of aliphatic hydroxyl groups is 1. The predicted octanol–water partition coefficient (Wildman–Crippen LogP) is 6.67. The Bertz CT molecular complexity index is 1990. The molecule has 1 saturated heterocycles. The summed E-state index contributed by atoms with van der Waals surface area (Å²) in [4.78, 5) is 39.0. The lowest BCUT2D eigenvalue weighted by Crippen LogP contribution is -2.29. The molecule has 0 aliphatic carbocycles. The van der Waals surface area contributed by atoms with Crippen LogP contribution in [0.2, 0.25) is 0 Å². The van der Waals surface area contributed by atoms with Crippen LogP contribution in [0.3, 0.4) is 0 Å². The highest BCUT2D eigenvalue weighted by Gasteiger charge is 2.48. The third-order valence-electron chi connectivity index (χ3n) is 7.10. The Balaban J connectivity index is 1.40. The Morgan fingerprint density at radius 3 is 2.61 bits per heavy atom. The number of methoxy groups -OCH3 is 1. The fourth-order valence-corrected chi connectivity index (χ4v) is 6.91. The molecule has 0 saturated carbocycles. The number of rotatable bonds is 8. The largest absolute Gasteiger partial charge is 0.507 e. The number of hydrogen-bond acceptors (Lipinski definition) is 10. The number of halogens is 1. The lowest BCUT2D eigenvalue weighted by Gasteiger charge is -2.22. The van der Waals surface area contributed by atoms with E-state index in [2.05, 4.69) is 10.2 Å². The summed E-state index contributed by atoms with van der Waals surface area (Å²) in [5.41, 5.74) is 0.510. The van der Waals surface area contributed by atoms with Gasteiger partial charge < -0.3 is 9.84 Å². The van der Waals surface area contributed by atoms with E-state index in [9.17, 15) is 29.2 Å². The molecule has 1 atom stereocenters. The fourth-order valence-electron chi connectivity index (χ4n) is 5.04. The monoisotopic (exact) mass is 628 g/mol. The molecule has 1 aliphatic heterocycles. The van der Waals surface area contributed by atoms with Crippen LogP contribution in [-0.4, -0.2) is 39.0 Å². The summed E-state index contributed by atoms with van der Waals surface area (Å²) < 4.78 is 20.0. The molecule has 5 aromatic rings. The van der Waals surface area contributed by atoms with Gasteiger partial charge in [-0.05, 0) is 40.1 Å². The number of carbonyl (C=O) groups excluding carboxylic acids is 2. The summed E-state index contributed by atoms with van der Waals surface area (Å²) in [6.07, 6.45) is 0. The van der Waals surface area contributed by atoms with Crippen LogP contribution in [0.1, 0.15) is 22.7 Å². The van der Waals surface area contributed by atoms with Crippen molar-refractivity contribution in [2.24, 2.45) is 0 Å². The Morgan fingerprint density at radius 1 is 1.07 bits per heavy atom. The van der Waals surface area contributed by atoms with Crippen molar-refractivity contribution in [1.29, 1.82) is 0 Å². The highest BCUT2D eigenvalue weighted by Crippen LogP contribution is 2.45. The first-order valence-corrected chi connectivity index (χ1v) is 14.9. The van der Waals surface area contributed by atoms with Crippen LogP contribution in [0.15, 0.2) is 94.8 Å². The molecule has 4 aromatic carbocycles. The number of aliphatic hydroxyl groups excluding tert-OH is 1. The average molecular weight is 629 g/mol. The van der Waals surface area contributed by atoms with E-state index in [1.54, 1.807) is 0 Å². The van der Waals surface area contributed by atoms with Gasteiger partial charge in [0.2, 0.25) is 5.13 Å². The smallest absolute Gasteiger partial charge is 0.301 e. The molecule has 6 rings (SSSR count). The molecule has 0 bridgehead atoms. The topological polar surface area (TPSA) is 136 Å². The lowest BCUT2D eigenvalue weighted by atomic mass is 9.95. The van der Waals surface area contributed by atoms with Crippen LogP contribution in [-0.2, 0) is 15.3 Å². The molecule has 0 radical (unpaired) electrons. The number of hydrogen-bond donors (Lipinski definition) is 1. The van der Waals surface area contributed by atoms with Gasteiger partial charge in [-0.2, -0.15) is 0 Å². The van der Waals surface area contributed by atoms with Gasteiger partial charge in [0.15, 0.2) is 15.9 Å². The third-order valence-corrected chi connectivity index (χ3v) is 9.20. The third kappa shape index (κ3) is 5.27. The lowest BCUT2D eigenvalue weighted by molar-refractivity contribution is -0.384. The van der Waals surface area contributed by atoms with E-state index in [1.165, 1.54) is 55.3 Å². The number of non-ortho nitro benzene ring substituents is 1. The van der Waals surface area contributed by atoms with Gasteiger partial charge in [-0.15, -0.1) is 10.2 Å². The number of amides is 1. The molecule has 0 spiro atoms. The van der Waals surface area contributed by atoms with Crippen LogP contribution >= 0.6 is 23.1 Å². The van der Waals surface area contributed by atoms with Crippen molar-refractivity contribution in [2.75, 3.05) is 12.0 Å². The van der Waals surface area contributed by atoms with Gasteiger partial charge in [-0.1, -0.05) is 77.7 Å². The molecule has 13 heteroatoms. The van der Waals surface area contributed by atoms with E-state index in [0.29, 0.717) is 10.1 Å². The zero-order valence-corrected chi connectivity index (χ0v) is 24.5. The van der Waals surface area contributed by atoms with Gasteiger partial charge in [-0.25, -0.2) is 4.39 Å². The molecule has 1 N–H and O–H groups in total. The predicted molar refractivity (Wildman–Crippen MR) is 164 cm³/mol. The van der Waals surface area contributed by atoms with Crippen molar-refractivity contribution >= 4 is 62.1 Å². The van der Waals surface area contributed by atoms with E-state index >= 15 is 0 Å². The summed E-state index contributed by atoms with van der Waals surface area (Å²) >= 11 is 2.47. The first-order valence-electron chi connectivity index (χ1n) is 13.1. The minimum atomic E-state index is -1.30. The van der Waals surface area contributed by atoms with Gasteiger partial charge in [0.05, 0.1) is 23.6 Å². The Hall–Kier alpha value is -5.14. The van der Waals surface area contributed by atoms with Gasteiger partial charge in [-0.3, -0.25) is 24.6 Å². The minimum absolute atomic E-state index is 0.0592. The van der Waals surface area contributed by atoms with Crippen LogP contribution in [0.5, 0.6) is 5.75 Å². The molecule has 1 aromatic heterocycles. The Kier molecular flexibility index (Phi) is 7.80. The van der Waals surface area contributed by atoms with Crippen LogP contribution in [0.4, 0.5) is 15.2 Å². The quantitative estimate of drug-likeness (QED) is 0.0380. The van der Waals surface area contributed by atoms with Crippen LogP contribution in [0.25, 0.3) is 16.5 Å². The van der Waals surface area contributed by atoms with E-state index in [4.69, 9.17) is 4.74 Å². The average Bonchev–Trinajstić information content (AvgIpc) is 3.61. The molecule has 0 unspecified atom stereocenters. The van der Waals surface area contributed by atoms with Crippen molar-refractivity contribution < 1.29 is 28.7 Å². The standard InChI is InChI=1S/C31H21FN4O6S2/c1-42-24-13-12-19(15-23(24)32)27(37)25-26(18-8-5-10-21(14-18)36(40)41)35(29(39)28(25)38)30-33-34-31(44-30)43-16-20-9-4-7-17-6-2-3-11-22(17)20/h2-15,26,37H,16H2,1H3/t26-/m1/s1. The Labute approximate surface area is 257 Å². The normalized spacial score (nSPS) is 16.0. The number of nitrogens with zero attached hydrogens (tertiary/aromatic N) is 4. The van der Waals surface area contributed by atoms with Gasteiger partial charge in [0.1, 0.15) is 5.76 Å². The summed E-state index contributed by atoms with van der Waals surface area (Å²) in [6.45, 7) is 0. The Morgan fingerprint density at radius 2 is 1.84 bits per heavy atom. The molecule has 2 heterocycles. The second-order valence-corrected chi connectivity index (χ2v) is 11.8. The number of nitro groups is 1. The first-order chi connectivity index (χ1) is 21.3. The molecule has 1 fully saturated rings. The van der Waals surface area contributed by atoms with Crippen molar-refractivity contribution in [3.63, 3.8) is 0 Å². The molecule has 44 heavy (non-hydrogen) atoms. The van der Waals surface area contributed by atoms with Gasteiger partial charge >= 0.3 is 5.91 Å². The number of ether oxygens (including phenoxy) is 1. The second kappa shape index (κ2) is 11.9. The van der Waals surface area contributed by atoms with E-state index < -0.39 is 34.2 Å². The van der Waals surface area contributed by atoms with Crippen molar-refractivity contribution in [2.45, 2.75) is 16.1 Å². The minimum Gasteiger partial charge on any atom is -0.507 e. The van der Waals surface area contributed by atoms with E-state index in [-0.39, 0.29) is 33.3 Å². The molecule has 10 nitrogen and oxygen atoms in total. The maximum absolute atomic E-state index is 14.5. The van der Waals surface area contributed by atoms with Gasteiger partial charge in [0.25, 0.3) is 11.5 Å². The summed E-state index contributed by atoms with van der Waals surface area (Å²) in [5.74, 6) is -3.05. The van der Waals surface area contributed by atoms with Gasteiger partial charge in [0, 0.05) is 23.4 Å². The SMILES string of the molecule is COc1ccc(C(O)=C2C(=O)C(=O)N(c3nnc(SCc4cccc5ccccc45)s3)[C@@H]2c2cccc([N+](=O)[O-])c2)cc1F. The van der Waals surface area contributed by atoms with E-state index in [1.807, 2.05) is 42.5 Å². The fraction of sp³-hybridized carbons (Fsp3) is 0.0968. The highest BCUT2D eigenvalue weighted by molar-refractivity contribution is 8.00. The number of fused-ring (bicyclic) bond motifs is 1. The molecule has 1 aliphatic rings. The zero-order chi connectivity index (χ0) is 31.0. The first kappa shape index (κ1) is 29.0. The van der Waals surface area contributed by atoms with Crippen molar-refractivity contribution in [3.05, 3.63) is 123 Å². The number of anilines is 1. The maximum atomic E-state index is 14.5. The molecular weight excluding hydrogens is 607 g/mol. The van der Waals surface area contributed by atoms with E-state index in [0.717, 1.165) is 38.6 Å². The van der Waals surface area contributed by atoms with Crippen molar-refractivity contribution in [1.82, 2.24) is 10.2 Å². The second-order valence-electron chi connectivity index (χ2n) is 9.65.